The van der Waals surface area contributed by atoms with Crippen LogP contribution in [-0.4, -0.2) is 22.6 Å². The first-order valence-corrected chi connectivity index (χ1v) is 11.6. The highest BCUT2D eigenvalue weighted by Crippen LogP contribution is 2.39. The second kappa shape index (κ2) is 10.6. The first-order chi connectivity index (χ1) is 16.9. The molecule has 5 nitrogen and oxygen atoms in total. The molecule has 1 N–H and O–H groups in total. The number of hydrogen-bond donors (Lipinski definition) is 1. The van der Waals surface area contributed by atoms with Gasteiger partial charge in [-0.3, -0.25) is 9.59 Å². The predicted molar refractivity (Wildman–Crippen MR) is 138 cm³/mol. The fourth-order valence-electron chi connectivity index (χ4n) is 4.43. The summed E-state index contributed by atoms with van der Waals surface area (Å²) < 4.78 is 7.01. The van der Waals surface area contributed by atoms with E-state index in [-0.39, 0.29) is 23.5 Å². The molecular weight excluding hydrogens is 462 g/mol. The van der Waals surface area contributed by atoms with Gasteiger partial charge in [0.1, 0.15) is 11.5 Å². The lowest BCUT2D eigenvalue weighted by molar-refractivity contribution is 0.0966. The summed E-state index contributed by atoms with van der Waals surface area (Å²) in [6.45, 7) is 1.87. The summed E-state index contributed by atoms with van der Waals surface area (Å²) in [6.07, 6.45) is 0.140. The fraction of sp³-hybridized carbons (Fsp3) is 0.172. The van der Waals surface area contributed by atoms with E-state index in [1.165, 1.54) is 6.07 Å². The molecule has 0 unspecified atom stereocenters. The van der Waals surface area contributed by atoms with Crippen molar-refractivity contribution in [3.63, 3.8) is 0 Å². The number of halogens is 1. The Balaban J connectivity index is 1.89. The van der Waals surface area contributed by atoms with E-state index >= 15 is 0 Å². The number of carbonyl (C=O) groups excluding carboxylic acids is 1. The zero-order valence-corrected chi connectivity index (χ0v) is 20.3. The van der Waals surface area contributed by atoms with E-state index in [0.717, 1.165) is 16.8 Å². The molecule has 0 aliphatic heterocycles. The van der Waals surface area contributed by atoms with Crippen molar-refractivity contribution in [3.05, 3.63) is 129 Å². The molecule has 1 heterocycles. The molecule has 0 aliphatic rings. The molecule has 4 rings (SSSR count). The molecule has 1 aromatic heterocycles. The van der Waals surface area contributed by atoms with Crippen LogP contribution in [0.4, 0.5) is 0 Å². The lowest BCUT2D eigenvalue weighted by atomic mass is 9.82. The first-order valence-electron chi connectivity index (χ1n) is 11.3. The van der Waals surface area contributed by atoms with Crippen LogP contribution in [0.2, 0.25) is 5.02 Å². The highest BCUT2D eigenvalue weighted by Gasteiger charge is 2.30. The number of phenols is 1. The third-order valence-corrected chi connectivity index (χ3v) is 6.43. The van der Waals surface area contributed by atoms with Crippen molar-refractivity contribution in [1.29, 1.82) is 0 Å². The normalized spacial score (nSPS) is 12.7. The zero-order valence-electron chi connectivity index (χ0n) is 19.5. The van der Waals surface area contributed by atoms with Gasteiger partial charge in [0.05, 0.1) is 13.2 Å². The maximum atomic E-state index is 13.5. The van der Waals surface area contributed by atoms with Gasteiger partial charge in [-0.25, -0.2) is 0 Å². The predicted octanol–water partition coefficient (Wildman–Crippen LogP) is 6.17. The summed E-state index contributed by atoms with van der Waals surface area (Å²) in [6, 6.07) is 25.8. The minimum Gasteiger partial charge on any atom is -0.508 e. The van der Waals surface area contributed by atoms with Crippen molar-refractivity contribution in [2.24, 2.45) is 0 Å². The van der Waals surface area contributed by atoms with E-state index in [1.807, 2.05) is 25.1 Å². The molecule has 0 saturated heterocycles. The highest BCUT2D eigenvalue weighted by atomic mass is 35.5. The number of pyridine rings is 1. The average molecular weight is 488 g/mol. The number of aryl methyl sites for hydroxylation is 1. The van der Waals surface area contributed by atoms with Crippen LogP contribution in [0.25, 0.3) is 0 Å². The number of Topliss-reactive ketones (excluding diaryl/α,β-unsaturated/α-hetero) is 1. The van der Waals surface area contributed by atoms with E-state index in [4.69, 9.17) is 16.3 Å². The molecular formula is C29H26ClNO4. The number of methoxy groups -OCH3 is 1. The van der Waals surface area contributed by atoms with Gasteiger partial charge < -0.3 is 14.4 Å². The summed E-state index contributed by atoms with van der Waals surface area (Å²) >= 11 is 6.17. The summed E-state index contributed by atoms with van der Waals surface area (Å²) in [7, 11) is 1.56. The molecule has 6 heteroatoms. The van der Waals surface area contributed by atoms with Gasteiger partial charge in [0.2, 0.25) is 0 Å². The Kier molecular flexibility index (Phi) is 7.37. The van der Waals surface area contributed by atoms with Crippen LogP contribution >= 0.6 is 11.6 Å². The molecule has 3 aromatic carbocycles. The fourth-order valence-corrected chi connectivity index (χ4v) is 4.56. The van der Waals surface area contributed by atoms with Crippen LogP contribution < -0.4 is 10.3 Å². The molecule has 0 radical (unpaired) electrons. The first kappa shape index (κ1) is 24.3. The third kappa shape index (κ3) is 5.47. The molecule has 0 aliphatic carbocycles. The largest absolute Gasteiger partial charge is 0.508 e. The standard InChI is InChI=1S/C29H26ClNO4/c1-19-5-3-8-28(34)31(19)29(21-11-15-24(32)16-12-21)26(20-9-13-23(30)14-10-20)18-27(33)22-6-4-7-25(17-22)35-2/h3-17,26,29,32H,18H2,1-2H3/t26-,29+/m1/s1. The molecule has 0 fully saturated rings. The van der Waals surface area contributed by atoms with Gasteiger partial charge in [0, 0.05) is 34.7 Å². The van der Waals surface area contributed by atoms with Crippen molar-refractivity contribution < 1.29 is 14.6 Å². The SMILES string of the molecule is COc1cccc(C(=O)C[C@H](c2ccc(Cl)cc2)[C@H](c2ccc(O)cc2)n2c(C)cccc2=O)c1. The number of phenolic OH excluding ortho intramolecular Hbond substituents is 1. The average Bonchev–Trinajstić information content (AvgIpc) is 2.86. The Hall–Kier alpha value is -3.83. The summed E-state index contributed by atoms with van der Waals surface area (Å²) in [5.74, 6) is 0.257. The molecule has 35 heavy (non-hydrogen) atoms. The monoisotopic (exact) mass is 487 g/mol. The van der Waals surface area contributed by atoms with Crippen molar-refractivity contribution in [2.45, 2.75) is 25.3 Å². The Morgan fingerprint density at radius 1 is 0.943 bits per heavy atom. The van der Waals surface area contributed by atoms with E-state index in [9.17, 15) is 14.7 Å². The lowest BCUT2D eigenvalue weighted by Gasteiger charge is -2.31. The second-order valence-electron chi connectivity index (χ2n) is 8.43. The molecule has 4 aromatic rings. The maximum absolute atomic E-state index is 13.5. The van der Waals surface area contributed by atoms with Gasteiger partial charge in [0.15, 0.2) is 5.78 Å². The van der Waals surface area contributed by atoms with Crippen LogP contribution in [0.15, 0.2) is 95.8 Å². The van der Waals surface area contributed by atoms with Gasteiger partial charge in [-0.2, -0.15) is 0 Å². The van der Waals surface area contributed by atoms with Crippen LogP contribution in [0.1, 0.15) is 45.6 Å². The topological polar surface area (TPSA) is 68.5 Å². The summed E-state index contributed by atoms with van der Waals surface area (Å²) in [4.78, 5) is 26.7. The number of ether oxygens (including phenoxy) is 1. The third-order valence-electron chi connectivity index (χ3n) is 6.18. The smallest absolute Gasteiger partial charge is 0.251 e. The Labute approximate surface area is 209 Å². The van der Waals surface area contributed by atoms with Crippen molar-refractivity contribution in [2.75, 3.05) is 7.11 Å². The van der Waals surface area contributed by atoms with Gasteiger partial charge in [0.25, 0.3) is 5.56 Å². The number of hydrogen-bond acceptors (Lipinski definition) is 4. The molecule has 0 spiro atoms. The van der Waals surface area contributed by atoms with Crippen molar-refractivity contribution in [1.82, 2.24) is 4.57 Å². The van der Waals surface area contributed by atoms with E-state index < -0.39 is 12.0 Å². The Morgan fingerprint density at radius 3 is 2.26 bits per heavy atom. The van der Waals surface area contributed by atoms with Gasteiger partial charge in [-0.1, -0.05) is 54.1 Å². The molecule has 0 saturated carbocycles. The van der Waals surface area contributed by atoms with Crippen molar-refractivity contribution >= 4 is 17.4 Å². The van der Waals surface area contributed by atoms with Crippen molar-refractivity contribution in [3.8, 4) is 11.5 Å². The van der Waals surface area contributed by atoms with Crippen LogP contribution in [0.3, 0.4) is 0 Å². The highest BCUT2D eigenvalue weighted by molar-refractivity contribution is 6.30. The number of nitrogens with zero attached hydrogens (tertiary/aromatic N) is 1. The zero-order chi connectivity index (χ0) is 24.9. The van der Waals surface area contributed by atoms with Crippen LogP contribution in [-0.2, 0) is 0 Å². The van der Waals surface area contributed by atoms with Crippen LogP contribution in [0, 0.1) is 6.92 Å². The molecule has 2 atom stereocenters. The minimum atomic E-state index is -0.500. The molecule has 178 valence electrons. The maximum Gasteiger partial charge on any atom is 0.251 e. The van der Waals surface area contributed by atoms with Crippen LogP contribution in [0.5, 0.6) is 11.5 Å². The number of benzene rings is 3. The number of aromatic nitrogens is 1. The van der Waals surface area contributed by atoms with Gasteiger partial charge in [-0.15, -0.1) is 0 Å². The van der Waals surface area contributed by atoms with E-state index in [2.05, 4.69) is 0 Å². The van der Waals surface area contributed by atoms with E-state index in [1.54, 1.807) is 78.4 Å². The van der Waals surface area contributed by atoms with E-state index in [0.29, 0.717) is 16.3 Å². The summed E-state index contributed by atoms with van der Waals surface area (Å²) in [5, 5.41) is 10.5. The van der Waals surface area contributed by atoms with Gasteiger partial charge >= 0.3 is 0 Å². The Morgan fingerprint density at radius 2 is 1.60 bits per heavy atom. The quantitative estimate of drug-likeness (QED) is 0.302. The Bertz CT molecular complexity index is 1380. The molecule has 0 amide bonds. The second-order valence-corrected chi connectivity index (χ2v) is 8.87. The number of aromatic hydroxyl groups is 1. The lowest BCUT2D eigenvalue weighted by Crippen LogP contribution is -2.31. The number of rotatable bonds is 8. The number of carbonyl (C=O) groups is 1. The summed E-state index contributed by atoms with van der Waals surface area (Å²) in [5.41, 5.74) is 2.81. The minimum absolute atomic E-state index is 0.0748. The molecule has 0 bridgehead atoms. The van der Waals surface area contributed by atoms with Gasteiger partial charge in [-0.05, 0) is 60.5 Å². The number of ketones is 1.